The van der Waals surface area contributed by atoms with Crippen LogP contribution in [0, 0.1) is 0 Å². The first kappa shape index (κ1) is 15.2. The number of benzene rings is 2. The van der Waals surface area contributed by atoms with Crippen molar-refractivity contribution in [3.63, 3.8) is 0 Å². The van der Waals surface area contributed by atoms with E-state index in [0.29, 0.717) is 23.1 Å². The molecule has 0 aliphatic heterocycles. The van der Waals surface area contributed by atoms with E-state index < -0.39 is 6.10 Å². The molecule has 0 bridgehead atoms. The average Bonchev–Trinajstić information content (AvgIpc) is 2.48. The molecule has 0 aliphatic rings. The Labute approximate surface area is 128 Å². The smallest absolute Gasteiger partial charge is 0.119 e. The van der Waals surface area contributed by atoms with Gasteiger partial charge in [-0.05, 0) is 30.2 Å². The summed E-state index contributed by atoms with van der Waals surface area (Å²) in [6.07, 6.45) is 0.268. The van der Waals surface area contributed by atoms with Crippen LogP contribution < -0.4 is 4.74 Å². The minimum atomic E-state index is -0.425. The second-order valence-electron chi connectivity index (χ2n) is 4.49. The van der Waals surface area contributed by atoms with Crippen molar-refractivity contribution < 1.29 is 9.84 Å². The Bertz CT molecular complexity index is 567. The maximum atomic E-state index is 9.72. The number of rotatable bonds is 5. The number of aliphatic hydroxyl groups is 1. The predicted octanol–water partition coefficient (Wildman–Crippen LogP) is 5.02. The van der Waals surface area contributed by atoms with Gasteiger partial charge in [-0.1, -0.05) is 54.4 Å². The van der Waals surface area contributed by atoms with E-state index in [2.05, 4.69) is 0 Å². The van der Waals surface area contributed by atoms with Crippen LogP contribution >= 0.6 is 23.2 Å². The highest BCUT2D eigenvalue weighted by atomic mass is 35.5. The SMILES string of the molecule is CC[C@H](O)c1ccc(OCc2cccc(Cl)c2Cl)cc1. The summed E-state index contributed by atoms with van der Waals surface area (Å²) >= 11 is 12.1. The summed E-state index contributed by atoms with van der Waals surface area (Å²) in [5, 5.41) is 10.8. The van der Waals surface area contributed by atoms with Crippen molar-refractivity contribution in [1.82, 2.24) is 0 Å². The van der Waals surface area contributed by atoms with Gasteiger partial charge in [-0.2, -0.15) is 0 Å². The standard InChI is InChI=1S/C16H16Cl2O2/c1-2-15(19)11-6-8-13(9-7-11)20-10-12-4-3-5-14(17)16(12)18/h3-9,15,19H,2,10H2,1H3/t15-/m0/s1. The molecule has 1 atom stereocenters. The zero-order valence-electron chi connectivity index (χ0n) is 11.1. The Kier molecular flexibility index (Phi) is 5.30. The highest BCUT2D eigenvalue weighted by Gasteiger charge is 2.06. The van der Waals surface area contributed by atoms with Crippen LogP contribution in [0.2, 0.25) is 10.0 Å². The average molecular weight is 311 g/mol. The number of hydrogen-bond donors (Lipinski definition) is 1. The van der Waals surface area contributed by atoms with Crippen molar-refractivity contribution in [3.05, 3.63) is 63.6 Å². The fraction of sp³-hybridized carbons (Fsp3) is 0.250. The monoisotopic (exact) mass is 310 g/mol. The molecule has 0 unspecified atom stereocenters. The lowest BCUT2D eigenvalue weighted by molar-refractivity contribution is 0.173. The molecule has 2 aromatic rings. The van der Waals surface area contributed by atoms with Gasteiger partial charge in [0.05, 0.1) is 16.1 Å². The van der Waals surface area contributed by atoms with E-state index in [1.54, 1.807) is 6.07 Å². The summed E-state index contributed by atoms with van der Waals surface area (Å²) in [5.41, 5.74) is 1.73. The van der Waals surface area contributed by atoms with Crippen molar-refractivity contribution in [2.75, 3.05) is 0 Å². The first-order valence-corrected chi connectivity index (χ1v) is 7.21. The molecule has 1 N–H and O–H groups in total. The van der Waals surface area contributed by atoms with Gasteiger partial charge in [0, 0.05) is 5.56 Å². The van der Waals surface area contributed by atoms with Crippen molar-refractivity contribution in [3.8, 4) is 5.75 Å². The normalized spacial score (nSPS) is 12.2. The first-order chi connectivity index (χ1) is 9.61. The molecule has 0 radical (unpaired) electrons. The van der Waals surface area contributed by atoms with E-state index in [4.69, 9.17) is 27.9 Å². The molecule has 106 valence electrons. The zero-order valence-corrected chi connectivity index (χ0v) is 12.7. The third-order valence-electron chi connectivity index (χ3n) is 3.08. The second kappa shape index (κ2) is 6.98. The number of aliphatic hydroxyl groups excluding tert-OH is 1. The van der Waals surface area contributed by atoms with Crippen LogP contribution in [0.1, 0.15) is 30.6 Å². The van der Waals surface area contributed by atoms with Crippen molar-refractivity contribution in [1.29, 1.82) is 0 Å². The van der Waals surface area contributed by atoms with Crippen LogP contribution in [0.3, 0.4) is 0 Å². The topological polar surface area (TPSA) is 29.5 Å². The van der Waals surface area contributed by atoms with Gasteiger partial charge in [0.1, 0.15) is 12.4 Å². The second-order valence-corrected chi connectivity index (χ2v) is 5.28. The highest BCUT2D eigenvalue weighted by molar-refractivity contribution is 6.42. The molecule has 0 spiro atoms. The van der Waals surface area contributed by atoms with Gasteiger partial charge < -0.3 is 9.84 Å². The van der Waals surface area contributed by atoms with Gasteiger partial charge in [0.25, 0.3) is 0 Å². The molecular formula is C16H16Cl2O2. The van der Waals surface area contributed by atoms with E-state index in [0.717, 1.165) is 16.9 Å². The molecule has 0 fully saturated rings. The molecule has 2 aromatic carbocycles. The van der Waals surface area contributed by atoms with Gasteiger partial charge in [-0.15, -0.1) is 0 Å². The third kappa shape index (κ3) is 3.66. The van der Waals surface area contributed by atoms with Gasteiger partial charge >= 0.3 is 0 Å². The van der Waals surface area contributed by atoms with Crippen LogP contribution in [-0.2, 0) is 6.61 Å². The highest BCUT2D eigenvalue weighted by Crippen LogP contribution is 2.27. The van der Waals surface area contributed by atoms with Crippen molar-refractivity contribution in [2.45, 2.75) is 26.1 Å². The third-order valence-corrected chi connectivity index (χ3v) is 3.94. The molecule has 20 heavy (non-hydrogen) atoms. The molecule has 2 nitrogen and oxygen atoms in total. The van der Waals surface area contributed by atoms with Gasteiger partial charge in [-0.25, -0.2) is 0 Å². The summed E-state index contributed by atoms with van der Waals surface area (Å²) in [7, 11) is 0. The largest absolute Gasteiger partial charge is 0.489 e. The lowest BCUT2D eigenvalue weighted by atomic mass is 10.1. The van der Waals surface area contributed by atoms with E-state index >= 15 is 0 Å². The maximum Gasteiger partial charge on any atom is 0.119 e. The van der Waals surface area contributed by atoms with E-state index in [-0.39, 0.29) is 0 Å². The minimum Gasteiger partial charge on any atom is -0.489 e. The molecule has 0 heterocycles. The molecule has 4 heteroatoms. The lowest BCUT2D eigenvalue weighted by Crippen LogP contribution is -1.98. The summed E-state index contributed by atoms with van der Waals surface area (Å²) in [6, 6.07) is 12.9. The molecule has 0 saturated carbocycles. The molecular weight excluding hydrogens is 295 g/mol. The summed E-state index contributed by atoms with van der Waals surface area (Å²) in [4.78, 5) is 0. The number of hydrogen-bond acceptors (Lipinski definition) is 2. The minimum absolute atomic E-state index is 0.356. The fourth-order valence-electron chi connectivity index (χ4n) is 1.84. The van der Waals surface area contributed by atoms with E-state index in [1.165, 1.54) is 0 Å². The van der Waals surface area contributed by atoms with Gasteiger partial charge in [-0.3, -0.25) is 0 Å². The molecule has 0 amide bonds. The number of ether oxygens (including phenoxy) is 1. The van der Waals surface area contributed by atoms with Crippen molar-refractivity contribution >= 4 is 23.2 Å². The zero-order chi connectivity index (χ0) is 14.5. The summed E-state index contributed by atoms with van der Waals surface area (Å²) < 4.78 is 5.67. The molecule has 2 rings (SSSR count). The maximum absolute atomic E-state index is 9.72. The summed E-state index contributed by atoms with van der Waals surface area (Å²) in [6.45, 7) is 2.30. The predicted molar refractivity (Wildman–Crippen MR) is 82.5 cm³/mol. The van der Waals surface area contributed by atoms with E-state index in [1.807, 2.05) is 43.3 Å². The fourth-order valence-corrected chi connectivity index (χ4v) is 2.22. The Morgan fingerprint density at radius 2 is 1.80 bits per heavy atom. The molecule has 0 aliphatic carbocycles. The molecule has 0 aromatic heterocycles. The van der Waals surface area contributed by atoms with E-state index in [9.17, 15) is 5.11 Å². The van der Waals surface area contributed by atoms with Gasteiger partial charge in [0.2, 0.25) is 0 Å². The first-order valence-electron chi connectivity index (χ1n) is 6.45. The van der Waals surface area contributed by atoms with Crippen LogP contribution in [0.25, 0.3) is 0 Å². The Balaban J connectivity index is 2.02. The Hall–Kier alpha value is -1.22. The molecule has 0 saturated heterocycles. The van der Waals surface area contributed by atoms with Crippen LogP contribution in [-0.4, -0.2) is 5.11 Å². The van der Waals surface area contributed by atoms with Crippen molar-refractivity contribution in [2.24, 2.45) is 0 Å². The number of halogens is 2. The van der Waals surface area contributed by atoms with Gasteiger partial charge in [0.15, 0.2) is 0 Å². The Morgan fingerprint density at radius 1 is 1.10 bits per heavy atom. The lowest BCUT2D eigenvalue weighted by Gasteiger charge is -2.11. The van der Waals surface area contributed by atoms with Crippen LogP contribution in [0.4, 0.5) is 0 Å². The summed E-state index contributed by atoms with van der Waals surface area (Å²) in [5.74, 6) is 0.730. The van der Waals surface area contributed by atoms with Crippen LogP contribution in [0.5, 0.6) is 5.75 Å². The van der Waals surface area contributed by atoms with Crippen LogP contribution in [0.15, 0.2) is 42.5 Å². The quantitative estimate of drug-likeness (QED) is 0.840. The Morgan fingerprint density at radius 3 is 2.45 bits per heavy atom.